The van der Waals surface area contributed by atoms with Gasteiger partial charge in [-0.3, -0.25) is 0 Å². The van der Waals surface area contributed by atoms with Crippen LogP contribution in [0.25, 0.3) is 0 Å². The number of hydrogen-bond acceptors (Lipinski definition) is 5. The molecule has 0 spiro atoms. The predicted molar refractivity (Wildman–Crippen MR) is 61.8 cm³/mol. The van der Waals surface area contributed by atoms with Crippen LogP contribution in [-0.2, 0) is 23.8 Å². The van der Waals surface area contributed by atoms with Crippen molar-refractivity contribution in [1.82, 2.24) is 0 Å². The van der Waals surface area contributed by atoms with Crippen LogP contribution in [-0.4, -0.2) is 24.5 Å². The Hall–Kier alpha value is -1.62. The molecular formula is C12H18O5. The zero-order valence-corrected chi connectivity index (χ0v) is 10.2. The first-order valence-corrected chi connectivity index (χ1v) is 5.38. The molecule has 0 aliphatic heterocycles. The Morgan fingerprint density at radius 2 is 1.35 bits per heavy atom. The molecule has 0 fully saturated rings. The molecule has 2 atom stereocenters. The van der Waals surface area contributed by atoms with E-state index in [1.54, 1.807) is 13.8 Å². The minimum atomic E-state index is -0.761. The van der Waals surface area contributed by atoms with Crippen LogP contribution < -0.4 is 0 Å². The smallest absolute Gasteiger partial charge is 0.332 e. The summed E-state index contributed by atoms with van der Waals surface area (Å²) in [6.45, 7) is 10.1. The lowest BCUT2D eigenvalue weighted by Gasteiger charge is -2.22. The van der Waals surface area contributed by atoms with E-state index < -0.39 is 24.5 Å². The van der Waals surface area contributed by atoms with Gasteiger partial charge in [-0.25, -0.2) is 9.59 Å². The van der Waals surface area contributed by atoms with Crippen LogP contribution in [0.3, 0.4) is 0 Å². The Kier molecular flexibility index (Phi) is 7.71. The average Bonchev–Trinajstić information content (AvgIpc) is 2.36. The summed E-state index contributed by atoms with van der Waals surface area (Å²) < 4.78 is 15.1. The molecule has 0 aliphatic rings. The van der Waals surface area contributed by atoms with E-state index in [1.807, 2.05) is 0 Å². The van der Waals surface area contributed by atoms with E-state index >= 15 is 0 Å². The maximum Gasteiger partial charge on any atom is 0.332 e. The number of carbonyl (C=O) groups is 2. The van der Waals surface area contributed by atoms with Gasteiger partial charge in [0.15, 0.2) is 0 Å². The second-order valence-corrected chi connectivity index (χ2v) is 3.09. The zero-order valence-electron chi connectivity index (χ0n) is 10.2. The minimum Gasteiger partial charge on any atom is -0.432 e. The van der Waals surface area contributed by atoms with Crippen molar-refractivity contribution >= 4 is 11.9 Å². The first kappa shape index (κ1) is 15.4. The van der Waals surface area contributed by atoms with Crippen LogP contribution in [0.4, 0.5) is 0 Å². The van der Waals surface area contributed by atoms with Crippen LogP contribution in [0.1, 0.15) is 26.7 Å². The molecule has 0 saturated carbocycles. The van der Waals surface area contributed by atoms with Crippen molar-refractivity contribution in [2.75, 3.05) is 0 Å². The molecule has 0 radical (unpaired) electrons. The number of carbonyl (C=O) groups excluding carboxylic acids is 2. The first-order chi connectivity index (χ1) is 8.07. The molecule has 0 heterocycles. The first-order valence-electron chi connectivity index (χ1n) is 5.38. The molecule has 96 valence electrons. The molecular weight excluding hydrogens is 224 g/mol. The van der Waals surface area contributed by atoms with Crippen LogP contribution in [0.5, 0.6) is 0 Å². The van der Waals surface area contributed by atoms with Crippen LogP contribution in [0.2, 0.25) is 0 Å². The number of rotatable bonds is 8. The van der Waals surface area contributed by atoms with E-state index in [1.165, 1.54) is 0 Å². The number of hydrogen-bond donors (Lipinski definition) is 0. The van der Waals surface area contributed by atoms with Gasteiger partial charge in [-0.1, -0.05) is 27.0 Å². The molecule has 0 aromatic carbocycles. The lowest BCUT2D eigenvalue weighted by atomic mass is 10.4. The van der Waals surface area contributed by atoms with Gasteiger partial charge in [0.2, 0.25) is 12.6 Å². The molecule has 5 heteroatoms. The molecule has 17 heavy (non-hydrogen) atoms. The Bertz CT molecular complexity index is 257. The van der Waals surface area contributed by atoms with Gasteiger partial charge in [-0.15, -0.1) is 0 Å². The van der Waals surface area contributed by atoms with E-state index in [9.17, 15) is 9.59 Å². The molecule has 5 nitrogen and oxygen atoms in total. The predicted octanol–water partition coefficient (Wildman–Crippen LogP) is 1.93. The van der Waals surface area contributed by atoms with Gasteiger partial charge in [0.05, 0.1) is 0 Å². The maximum atomic E-state index is 11.0. The van der Waals surface area contributed by atoms with Crippen molar-refractivity contribution in [2.24, 2.45) is 0 Å². The van der Waals surface area contributed by atoms with E-state index in [0.29, 0.717) is 12.8 Å². The highest BCUT2D eigenvalue weighted by molar-refractivity contribution is 5.81. The van der Waals surface area contributed by atoms with Gasteiger partial charge < -0.3 is 14.2 Å². The van der Waals surface area contributed by atoms with Crippen molar-refractivity contribution in [3.8, 4) is 0 Å². The standard InChI is InChI=1S/C12H18O5/c1-5-9(13)15-11(7-3)17-12(8-4)16-10(14)6-2/h5-6,11-12H,1-2,7-8H2,3-4H3/t11-,12+. The van der Waals surface area contributed by atoms with Crippen LogP contribution >= 0.6 is 0 Å². The third kappa shape index (κ3) is 6.52. The summed E-state index contributed by atoms with van der Waals surface area (Å²) in [7, 11) is 0. The number of ether oxygens (including phenoxy) is 3. The fraction of sp³-hybridized carbons (Fsp3) is 0.500. The SMILES string of the molecule is C=CC(=O)O[C@@H](CC)O[C@@H](CC)OC(=O)C=C. The highest BCUT2D eigenvalue weighted by atomic mass is 16.8. The third-order valence-electron chi connectivity index (χ3n) is 1.80. The summed E-state index contributed by atoms with van der Waals surface area (Å²) >= 11 is 0. The minimum absolute atomic E-state index is 0.446. The lowest BCUT2D eigenvalue weighted by molar-refractivity contribution is -0.234. The summed E-state index contributed by atoms with van der Waals surface area (Å²) in [5, 5.41) is 0. The summed E-state index contributed by atoms with van der Waals surface area (Å²) in [6, 6.07) is 0. The van der Waals surface area contributed by atoms with Gasteiger partial charge >= 0.3 is 11.9 Å². The highest BCUT2D eigenvalue weighted by Gasteiger charge is 2.19. The van der Waals surface area contributed by atoms with Gasteiger partial charge in [0.25, 0.3) is 0 Å². The Labute approximate surface area is 101 Å². The summed E-state index contributed by atoms with van der Waals surface area (Å²) in [4.78, 5) is 22.0. The van der Waals surface area contributed by atoms with E-state index in [4.69, 9.17) is 14.2 Å². The van der Waals surface area contributed by atoms with Crippen molar-refractivity contribution < 1.29 is 23.8 Å². The second-order valence-electron chi connectivity index (χ2n) is 3.09. The van der Waals surface area contributed by atoms with Gasteiger partial charge in [-0.05, 0) is 0 Å². The lowest BCUT2D eigenvalue weighted by Crippen LogP contribution is -2.28. The van der Waals surface area contributed by atoms with Crippen molar-refractivity contribution in [3.63, 3.8) is 0 Å². The largest absolute Gasteiger partial charge is 0.432 e. The quantitative estimate of drug-likeness (QED) is 0.370. The fourth-order valence-electron chi connectivity index (χ4n) is 0.939. The average molecular weight is 242 g/mol. The molecule has 0 saturated heterocycles. The van der Waals surface area contributed by atoms with E-state index in [-0.39, 0.29) is 0 Å². The van der Waals surface area contributed by atoms with Crippen LogP contribution in [0, 0.1) is 0 Å². The Morgan fingerprint density at radius 3 is 1.59 bits per heavy atom. The fourth-order valence-corrected chi connectivity index (χ4v) is 0.939. The molecule has 0 N–H and O–H groups in total. The zero-order chi connectivity index (χ0) is 13.3. The van der Waals surface area contributed by atoms with Crippen molar-refractivity contribution in [2.45, 2.75) is 39.3 Å². The summed E-state index contributed by atoms with van der Waals surface area (Å²) in [5.41, 5.74) is 0. The van der Waals surface area contributed by atoms with Crippen LogP contribution in [0.15, 0.2) is 25.3 Å². The molecule has 0 rings (SSSR count). The molecule has 0 bridgehead atoms. The highest BCUT2D eigenvalue weighted by Crippen LogP contribution is 2.10. The topological polar surface area (TPSA) is 61.8 Å². The van der Waals surface area contributed by atoms with Gasteiger partial charge in [0, 0.05) is 25.0 Å². The molecule has 0 aliphatic carbocycles. The van der Waals surface area contributed by atoms with Gasteiger partial charge in [0.1, 0.15) is 0 Å². The third-order valence-corrected chi connectivity index (χ3v) is 1.80. The molecule has 0 unspecified atom stereocenters. The normalized spacial score (nSPS) is 13.3. The molecule has 0 amide bonds. The summed E-state index contributed by atoms with van der Waals surface area (Å²) in [6.07, 6.45) is 1.46. The van der Waals surface area contributed by atoms with Crippen molar-refractivity contribution in [3.05, 3.63) is 25.3 Å². The van der Waals surface area contributed by atoms with Crippen molar-refractivity contribution in [1.29, 1.82) is 0 Å². The molecule has 0 aromatic rings. The second kappa shape index (κ2) is 8.52. The van der Waals surface area contributed by atoms with Gasteiger partial charge in [-0.2, -0.15) is 0 Å². The monoisotopic (exact) mass is 242 g/mol. The van der Waals surface area contributed by atoms with E-state index in [2.05, 4.69) is 13.2 Å². The van der Waals surface area contributed by atoms with E-state index in [0.717, 1.165) is 12.2 Å². The molecule has 0 aromatic heterocycles. The maximum absolute atomic E-state index is 11.0. The Balaban J connectivity index is 4.30. The summed E-state index contributed by atoms with van der Waals surface area (Å²) in [5.74, 6) is -1.16. The Morgan fingerprint density at radius 1 is 1.00 bits per heavy atom. The number of esters is 2.